The number of allylic oxidation sites excluding steroid dienone is 1. The number of rotatable bonds is 4. The fraction of sp³-hybridized carbons (Fsp3) is 0.360. The third-order valence-electron chi connectivity index (χ3n) is 5.36. The molecule has 26 heavy (non-hydrogen) atoms. The molecule has 1 unspecified atom stereocenters. The Morgan fingerprint density at radius 3 is 2.12 bits per heavy atom. The summed E-state index contributed by atoms with van der Waals surface area (Å²) in [5.41, 5.74) is 4.90. The van der Waals surface area contributed by atoms with Crippen molar-refractivity contribution < 1.29 is 0 Å². The fourth-order valence-electron chi connectivity index (χ4n) is 3.59. The van der Waals surface area contributed by atoms with Crippen LogP contribution < -0.4 is 0 Å². The minimum absolute atomic E-state index is 0.359. The molecule has 1 saturated carbocycles. The van der Waals surface area contributed by atoms with Gasteiger partial charge in [-0.1, -0.05) is 61.2 Å². The van der Waals surface area contributed by atoms with Crippen LogP contribution in [-0.4, -0.2) is 5.38 Å². The van der Waals surface area contributed by atoms with E-state index in [1.54, 1.807) is 0 Å². The molecule has 0 aliphatic heterocycles. The largest absolute Gasteiger partial charge is 0.123 e. The first kappa shape index (κ1) is 18.8. The summed E-state index contributed by atoms with van der Waals surface area (Å²) in [6.07, 6.45) is 7.58. The summed E-state index contributed by atoms with van der Waals surface area (Å²) in [6, 6.07) is 17.4. The lowest BCUT2D eigenvalue weighted by atomic mass is 9.89. The Morgan fingerprint density at radius 1 is 1.00 bits per heavy atom. The molecule has 0 saturated heterocycles. The summed E-state index contributed by atoms with van der Waals surface area (Å²) in [4.78, 5) is 0. The normalized spacial score (nSPS) is 20.7. The number of halogens is 1. The molecule has 0 spiro atoms. The van der Waals surface area contributed by atoms with Gasteiger partial charge in [-0.05, 0) is 60.9 Å². The third kappa shape index (κ3) is 4.80. The standard InChI is InChI=1S/C25H27Cl/c1-3-21(4-2)22-13-15-24(16-14-22)23-11-7-19(8-12-23)5-6-20-9-17-25(26)18-10-20/h3,7-8,11-16,20-21,25H,1,4,9-10,17-18H2,2H3/t20-,21?,25-. The Hall–Kier alpha value is -1.97. The average molecular weight is 363 g/mol. The van der Waals surface area contributed by atoms with Crippen LogP contribution in [0, 0.1) is 17.8 Å². The number of hydrogen-bond donors (Lipinski definition) is 0. The third-order valence-corrected chi connectivity index (χ3v) is 5.80. The van der Waals surface area contributed by atoms with Crippen LogP contribution in [0.3, 0.4) is 0 Å². The van der Waals surface area contributed by atoms with E-state index in [4.69, 9.17) is 11.6 Å². The first-order chi connectivity index (χ1) is 12.7. The molecule has 1 atom stereocenters. The number of benzene rings is 2. The Bertz CT molecular complexity index is 766. The van der Waals surface area contributed by atoms with Gasteiger partial charge in [0.1, 0.15) is 0 Å². The van der Waals surface area contributed by atoms with Crippen molar-refractivity contribution in [2.75, 3.05) is 0 Å². The second-order valence-electron chi connectivity index (χ2n) is 7.17. The summed E-state index contributed by atoms with van der Waals surface area (Å²) in [6.45, 7) is 6.13. The summed E-state index contributed by atoms with van der Waals surface area (Å²) in [5.74, 6) is 7.72. The smallest absolute Gasteiger partial charge is 0.0337 e. The Morgan fingerprint density at radius 2 is 1.58 bits per heavy atom. The van der Waals surface area contributed by atoms with Gasteiger partial charge in [-0.3, -0.25) is 0 Å². The number of hydrogen-bond acceptors (Lipinski definition) is 0. The minimum atomic E-state index is 0.359. The lowest BCUT2D eigenvalue weighted by Gasteiger charge is -2.20. The van der Waals surface area contributed by atoms with Crippen LogP contribution >= 0.6 is 11.6 Å². The highest BCUT2D eigenvalue weighted by atomic mass is 35.5. The molecule has 1 aliphatic carbocycles. The number of alkyl halides is 1. The van der Waals surface area contributed by atoms with Crippen LogP contribution in [0.25, 0.3) is 11.1 Å². The molecular weight excluding hydrogens is 336 g/mol. The van der Waals surface area contributed by atoms with Crippen molar-refractivity contribution in [3.8, 4) is 23.0 Å². The van der Waals surface area contributed by atoms with E-state index in [-0.39, 0.29) is 0 Å². The Labute approximate surface area is 163 Å². The first-order valence-corrected chi connectivity index (χ1v) is 10.1. The molecule has 0 nitrogen and oxygen atoms in total. The van der Waals surface area contributed by atoms with Gasteiger partial charge >= 0.3 is 0 Å². The van der Waals surface area contributed by atoms with Gasteiger partial charge in [0.25, 0.3) is 0 Å². The molecule has 0 bridgehead atoms. The van der Waals surface area contributed by atoms with E-state index in [1.807, 2.05) is 6.08 Å². The van der Waals surface area contributed by atoms with Gasteiger partial charge in [0.05, 0.1) is 0 Å². The van der Waals surface area contributed by atoms with Crippen molar-refractivity contribution >= 4 is 11.6 Å². The van der Waals surface area contributed by atoms with Crippen molar-refractivity contribution in [1.29, 1.82) is 0 Å². The van der Waals surface area contributed by atoms with Gasteiger partial charge in [0, 0.05) is 22.8 Å². The molecule has 1 aliphatic rings. The Balaban J connectivity index is 1.67. The van der Waals surface area contributed by atoms with Gasteiger partial charge in [-0.25, -0.2) is 0 Å². The topological polar surface area (TPSA) is 0 Å². The highest BCUT2D eigenvalue weighted by Gasteiger charge is 2.17. The molecule has 2 aromatic rings. The second-order valence-corrected chi connectivity index (χ2v) is 7.79. The van der Waals surface area contributed by atoms with Crippen molar-refractivity contribution in [3.05, 3.63) is 72.3 Å². The van der Waals surface area contributed by atoms with Crippen LogP contribution in [0.15, 0.2) is 61.2 Å². The summed E-state index contributed by atoms with van der Waals surface area (Å²) < 4.78 is 0. The van der Waals surface area contributed by atoms with E-state index in [9.17, 15) is 0 Å². The maximum Gasteiger partial charge on any atom is 0.0337 e. The predicted octanol–water partition coefficient (Wildman–Crippen LogP) is 7.18. The van der Waals surface area contributed by atoms with E-state index >= 15 is 0 Å². The molecule has 0 N–H and O–H groups in total. The van der Waals surface area contributed by atoms with E-state index in [0.29, 0.717) is 17.2 Å². The minimum Gasteiger partial charge on any atom is -0.123 e. The Kier molecular flexibility index (Phi) is 6.59. The molecule has 3 rings (SSSR count). The molecule has 0 amide bonds. The highest BCUT2D eigenvalue weighted by Crippen LogP contribution is 2.27. The van der Waals surface area contributed by atoms with Gasteiger partial charge in [-0.2, -0.15) is 0 Å². The zero-order valence-electron chi connectivity index (χ0n) is 15.5. The first-order valence-electron chi connectivity index (χ1n) is 9.68. The van der Waals surface area contributed by atoms with Gasteiger partial charge in [0.15, 0.2) is 0 Å². The van der Waals surface area contributed by atoms with Crippen molar-refractivity contribution in [3.63, 3.8) is 0 Å². The molecule has 0 aromatic heterocycles. The van der Waals surface area contributed by atoms with E-state index in [2.05, 4.69) is 73.9 Å². The fourth-order valence-corrected chi connectivity index (χ4v) is 3.84. The molecule has 1 heteroatoms. The predicted molar refractivity (Wildman–Crippen MR) is 114 cm³/mol. The molecule has 134 valence electrons. The van der Waals surface area contributed by atoms with Crippen LogP contribution in [0.1, 0.15) is 56.1 Å². The van der Waals surface area contributed by atoms with Gasteiger partial charge < -0.3 is 0 Å². The zero-order valence-corrected chi connectivity index (χ0v) is 16.3. The van der Waals surface area contributed by atoms with Crippen LogP contribution in [0.4, 0.5) is 0 Å². The second kappa shape index (κ2) is 9.11. The zero-order chi connectivity index (χ0) is 18.4. The van der Waals surface area contributed by atoms with Crippen molar-refractivity contribution in [2.45, 2.75) is 50.3 Å². The quantitative estimate of drug-likeness (QED) is 0.307. The van der Waals surface area contributed by atoms with Crippen molar-refractivity contribution in [2.24, 2.45) is 5.92 Å². The van der Waals surface area contributed by atoms with Gasteiger partial charge in [-0.15, -0.1) is 18.2 Å². The van der Waals surface area contributed by atoms with E-state index < -0.39 is 0 Å². The monoisotopic (exact) mass is 362 g/mol. The molecular formula is C25H27Cl. The molecule has 2 aromatic carbocycles. The highest BCUT2D eigenvalue weighted by molar-refractivity contribution is 6.20. The molecule has 0 heterocycles. The molecule has 1 fully saturated rings. The summed E-state index contributed by atoms with van der Waals surface area (Å²) in [5, 5.41) is 0.359. The lowest BCUT2D eigenvalue weighted by molar-refractivity contribution is 0.436. The maximum atomic E-state index is 6.17. The SMILES string of the molecule is C=CC(CC)c1ccc(-c2ccc(C#C[C@H]3CC[C@H](Cl)CC3)cc2)cc1. The maximum absolute atomic E-state index is 6.17. The van der Waals surface area contributed by atoms with Crippen LogP contribution in [0.2, 0.25) is 0 Å². The summed E-state index contributed by atoms with van der Waals surface area (Å²) >= 11 is 6.17. The summed E-state index contributed by atoms with van der Waals surface area (Å²) in [7, 11) is 0. The van der Waals surface area contributed by atoms with E-state index in [0.717, 1.165) is 37.7 Å². The van der Waals surface area contributed by atoms with Crippen LogP contribution in [-0.2, 0) is 0 Å². The van der Waals surface area contributed by atoms with Gasteiger partial charge in [0.2, 0.25) is 0 Å². The molecule has 0 radical (unpaired) electrons. The average Bonchev–Trinajstić information content (AvgIpc) is 2.69. The lowest BCUT2D eigenvalue weighted by Crippen LogP contribution is -2.12. The van der Waals surface area contributed by atoms with Crippen LogP contribution in [0.5, 0.6) is 0 Å². The van der Waals surface area contributed by atoms with Crippen molar-refractivity contribution in [1.82, 2.24) is 0 Å². The van der Waals surface area contributed by atoms with E-state index in [1.165, 1.54) is 16.7 Å².